The number of aliphatic hydroxyl groups excluding tert-OH is 1. The standard InChI is InChI=1S/C11H21NO3/c1-3-4-7-15-11(14)9(2)12-6-5-10(13)8-12/h9-10,13H,3-8H2,1-2H3/t9?,10-/m0/s1. The molecule has 0 aromatic rings. The zero-order valence-electron chi connectivity index (χ0n) is 9.61. The van der Waals surface area contributed by atoms with Crippen LogP contribution in [0.5, 0.6) is 0 Å². The second-order valence-corrected chi connectivity index (χ2v) is 4.13. The molecule has 0 aromatic carbocycles. The normalized spacial score (nSPS) is 24.1. The number of rotatable bonds is 5. The van der Waals surface area contributed by atoms with Gasteiger partial charge in [0, 0.05) is 13.1 Å². The Balaban J connectivity index is 2.26. The minimum Gasteiger partial charge on any atom is -0.465 e. The van der Waals surface area contributed by atoms with Gasteiger partial charge in [-0.1, -0.05) is 13.3 Å². The van der Waals surface area contributed by atoms with Crippen LogP contribution in [0.2, 0.25) is 0 Å². The summed E-state index contributed by atoms with van der Waals surface area (Å²) < 4.78 is 5.13. The molecule has 0 amide bonds. The number of hydrogen-bond donors (Lipinski definition) is 1. The SMILES string of the molecule is CCCCOC(=O)C(C)N1CC[C@H](O)C1. The third-order valence-electron chi connectivity index (χ3n) is 2.83. The van der Waals surface area contributed by atoms with Crippen molar-refractivity contribution in [3.63, 3.8) is 0 Å². The van der Waals surface area contributed by atoms with Crippen molar-refractivity contribution in [1.82, 2.24) is 4.90 Å². The lowest BCUT2D eigenvalue weighted by Gasteiger charge is -2.21. The smallest absolute Gasteiger partial charge is 0.323 e. The van der Waals surface area contributed by atoms with Gasteiger partial charge < -0.3 is 9.84 Å². The molecular weight excluding hydrogens is 194 g/mol. The summed E-state index contributed by atoms with van der Waals surface area (Å²) in [6, 6.07) is -0.223. The fourth-order valence-corrected chi connectivity index (χ4v) is 1.71. The summed E-state index contributed by atoms with van der Waals surface area (Å²) >= 11 is 0. The van der Waals surface area contributed by atoms with Crippen LogP contribution in [0.4, 0.5) is 0 Å². The van der Waals surface area contributed by atoms with E-state index in [0.717, 1.165) is 25.8 Å². The van der Waals surface area contributed by atoms with Crippen molar-refractivity contribution in [1.29, 1.82) is 0 Å². The number of ether oxygens (including phenoxy) is 1. The molecule has 4 nitrogen and oxygen atoms in total. The van der Waals surface area contributed by atoms with Crippen molar-refractivity contribution in [3.8, 4) is 0 Å². The van der Waals surface area contributed by atoms with Gasteiger partial charge in [0.15, 0.2) is 0 Å². The highest BCUT2D eigenvalue weighted by molar-refractivity contribution is 5.75. The number of hydrogen-bond acceptors (Lipinski definition) is 4. The highest BCUT2D eigenvalue weighted by Crippen LogP contribution is 2.13. The molecule has 88 valence electrons. The molecule has 4 heteroatoms. The molecule has 1 heterocycles. The summed E-state index contributed by atoms with van der Waals surface area (Å²) in [7, 11) is 0. The first-order chi connectivity index (χ1) is 7.15. The zero-order chi connectivity index (χ0) is 11.3. The average molecular weight is 215 g/mol. The van der Waals surface area contributed by atoms with E-state index in [9.17, 15) is 9.90 Å². The topological polar surface area (TPSA) is 49.8 Å². The van der Waals surface area contributed by atoms with Crippen LogP contribution in [0.1, 0.15) is 33.1 Å². The van der Waals surface area contributed by atoms with Gasteiger partial charge in [0.1, 0.15) is 6.04 Å². The monoisotopic (exact) mass is 215 g/mol. The molecule has 0 radical (unpaired) electrons. The van der Waals surface area contributed by atoms with E-state index in [1.165, 1.54) is 0 Å². The molecule has 1 aliphatic heterocycles. The van der Waals surface area contributed by atoms with E-state index >= 15 is 0 Å². The number of likely N-dealkylation sites (tertiary alicyclic amines) is 1. The summed E-state index contributed by atoms with van der Waals surface area (Å²) in [6.45, 7) is 5.78. The molecule has 1 saturated heterocycles. The predicted octanol–water partition coefficient (Wildman–Crippen LogP) is 0.785. The third-order valence-corrected chi connectivity index (χ3v) is 2.83. The molecule has 1 N–H and O–H groups in total. The highest BCUT2D eigenvalue weighted by Gasteiger charge is 2.29. The molecule has 0 bridgehead atoms. The van der Waals surface area contributed by atoms with E-state index in [4.69, 9.17) is 4.74 Å². The molecule has 1 rings (SSSR count). The number of aliphatic hydroxyl groups is 1. The molecule has 1 fully saturated rings. The molecule has 0 spiro atoms. The number of esters is 1. The average Bonchev–Trinajstić information content (AvgIpc) is 2.64. The molecule has 2 atom stereocenters. The predicted molar refractivity (Wildman–Crippen MR) is 57.5 cm³/mol. The largest absolute Gasteiger partial charge is 0.465 e. The van der Waals surface area contributed by atoms with Crippen LogP contribution in [0, 0.1) is 0 Å². The van der Waals surface area contributed by atoms with E-state index < -0.39 is 0 Å². The summed E-state index contributed by atoms with van der Waals surface area (Å²) in [5, 5.41) is 9.35. The maximum absolute atomic E-state index is 11.6. The number of carbonyl (C=O) groups excluding carboxylic acids is 1. The van der Waals surface area contributed by atoms with E-state index in [-0.39, 0.29) is 18.1 Å². The highest BCUT2D eigenvalue weighted by atomic mass is 16.5. The lowest BCUT2D eigenvalue weighted by Crippen LogP contribution is -2.39. The van der Waals surface area contributed by atoms with E-state index in [2.05, 4.69) is 6.92 Å². The van der Waals surface area contributed by atoms with Crippen molar-refractivity contribution in [2.75, 3.05) is 19.7 Å². The first-order valence-electron chi connectivity index (χ1n) is 5.74. The summed E-state index contributed by atoms with van der Waals surface area (Å²) in [4.78, 5) is 13.5. The maximum atomic E-state index is 11.6. The second kappa shape index (κ2) is 6.08. The molecule has 1 aliphatic rings. The first kappa shape index (κ1) is 12.5. The van der Waals surface area contributed by atoms with Gasteiger partial charge in [0.05, 0.1) is 12.7 Å². The fourth-order valence-electron chi connectivity index (χ4n) is 1.71. The van der Waals surface area contributed by atoms with Gasteiger partial charge in [-0.3, -0.25) is 9.69 Å². The van der Waals surface area contributed by atoms with Gasteiger partial charge in [0.2, 0.25) is 0 Å². The zero-order valence-corrected chi connectivity index (χ0v) is 9.61. The van der Waals surface area contributed by atoms with E-state index in [1.807, 2.05) is 11.8 Å². The van der Waals surface area contributed by atoms with Crippen LogP contribution >= 0.6 is 0 Å². The maximum Gasteiger partial charge on any atom is 0.323 e. The number of carbonyl (C=O) groups is 1. The molecule has 15 heavy (non-hydrogen) atoms. The van der Waals surface area contributed by atoms with Crippen molar-refractivity contribution in [3.05, 3.63) is 0 Å². The Morgan fingerprint density at radius 1 is 1.67 bits per heavy atom. The van der Waals surface area contributed by atoms with Crippen LogP contribution in [0.25, 0.3) is 0 Å². The van der Waals surface area contributed by atoms with Crippen molar-refractivity contribution >= 4 is 5.97 Å². The molecule has 0 aromatic heterocycles. The van der Waals surface area contributed by atoms with Gasteiger partial charge >= 0.3 is 5.97 Å². The lowest BCUT2D eigenvalue weighted by atomic mass is 10.3. The first-order valence-corrected chi connectivity index (χ1v) is 5.74. The summed E-state index contributed by atoms with van der Waals surface area (Å²) in [5.74, 6) is -0.169. The Morgan fingerprint density at radius 2 is 2.40 bits per heavy atom. The molecule has 0 aliphatic carbocycles. The molecule has 1 unspecified atom stereocenters. The minimum atomic E-state index is -0.282. The van der Waals surface area contributed by atoms with Crippen molar-refractivity contribution in [2.24, 2.45) is 0 Å². The van der Waals surface area contributed by atoms with Crippen LogP contribution in [0.3, 0.4) is 0 Å². The third kappa shape index (κ3) is 3.80. The Kier molecular flexibility index (Phi) is 5.05. The van der Waals surface area contributed by atoms with Crippen molar-refractivity contribution < 1.29 is 14.6 Å². The van der Waals surface area contributed by atoms with E-state index in [1.54, 1.807) is 0 Å². The quantitative estimate of drug-likeness (QED) is 0.544. The Bertz CT molecular complexity index is 208. The van der Waals surface area contributed by atoms with Gasteiger partial charge in [0.25, 0.3) is 0 Å². The van der Waals surface area contributed by atoms with Gasteiger partial charge in [-0.15, -0.1) is 0 Å². The van der Waals surface area contributed by atoms with Crippen molar-refractivity contribution in [2.45, 2.75) is 45.3 Å². The lowest BCUT2D eigenvalue weighted by molar-refractivity contribution is -0.149. The van der Waals surface area contributed by atoms with Crippen LogP contribution in [-0.2, 0) is 9.53 Å². The summed E-state index contributed by atoms with van der Waals surface area (Å²) in [6.07, 6.45) is 2.42. The fraction of sp³-hybridized carbons (Fsp3) is 0.909. The molecule has 0 saturated carbocycles. The summed E-state index contributed by atoms with van der Waals surface area (Å²) in [5.41, 5.74) is 0. The minimum absolute atomic E-state index is 0.169. The Morgan fingerprint density at radius 3 is 2.93 bits per heavy atom. The van der Waals surface area contributed by atoms with Crippen LogP contribution < -0.4 is 0 Å². The Labute approximate surface area is 91.2 Å². The van der Waals surface area contributed by atoms with Gasteiger partial charge in [-0.25, -0.2) is 0 Å². The van der Waals surface area contributed by atoms with Crippen LogP contribution in [-0.4, -0.2) is 47.8 Å². The second-order valence-electron chi connectivity index (χ2n) is 4.13. The van der Waals surface area contributed by atoms with Gasteiger partial charge in [-0.2, -0.15) is 0 Å². The number of β-amino-alcohol motifs (C(OH)–C–C–N with tert-alkyl or cyclic N) is 1. The Hall–Kier alpha value is -0.610. The number of unbranched alkanes of at least 4 members (excludes halogenated alkanes) is 1. The number of nitrogens with zero attached hydrogens (tertiary/aromatic N) is 1. The van der Waals surface area contributed by atoms with E-state index in [0.29, 0.717) is 13.2 Å². The van der Waals surface area contributed by atoms with Crippen LogP contribution in [0.15, 0.2) is 0 Å². The molecular formula is C11H21NO3. The van der Waals surface area contributed by atoms with Gasteiger partial charge in [-0.05, 0) is 19.8 Å².